The monoisotopic (exact) mass is 1480 g/mol. The Morgan fingerprint density at radius 2 is 1.17 bits per heavy atom. The molecule has 3 aliphatic heterocycles. The Kier molecular flexibility index (Phi) is 36.6. The molecule has 8 heterocycles. The van der Waals surface area contributed by atoms with Crippen LogP contribution in [-0.2, 0) is 53.7 Å². The van der Waals surface area contributed by atoms with Gasteiger partial charge in [-0.1, -0.05) is 74.6 Å². The number of aryl methyl sites for hydroxylation is 2. The second-order valence-corrected chi connectivity index (χ2v) is 31.7. The Morgan fingerprint density at radius 1 is 0.693 bits per heavy atom. The SMILES string of the molecule is C.C#CC#CC#CC#CC#CC#CC#CC.CCCP1(=O)OP(=O)(CCC)OP(=O)(CCC)O1.CCN(C(C)C)C(C)C.C[C@@H]1C[C@H](Nc2c(N)cnc3ccc(Cl)cc23)CCO1.Cc1cc(CC(=O)O)on1.Cc1cc(Cc2nc3cnc4ccc(Cl)cc4c3n2C2CCO[C@H](C)C2)on1. The molecule has 101 heavy (non-hydrogen) atoms. The van der Waals surface area contributed by atoms with Gasteiger partial charge in [-0.2, -0.15) is 0 Å². The van der Waals surface area contributed by atoms with Crippen molar-refractivity contribution < 1.29 is 55.0 Å². The zero-order valence-corrected chi connectivity index (χ0v) is 63.4. The van der Waals surface area contributed by atoms with E-state index in [9.17, 15) is 18.5 Å². The highest BCUT2D eigenvalue weighted by Crippen LogP contribution is 2.82. The number of aliphatic carboxylic acids is 1. The number of halogens is 2. The van der Waals surface area contributed by atoms with Crippen LogP contribution in [0.3, 0.4) is 0 Å². The number of terminal acetylenes is 1. The van der Waals surface area contributed by atoms with Gasteiger partial charge in [-0.3, -0.25) is 33.4 Å². The number of fused-ring (bicyclic) bond motifs is 4. The molecular weight excluding hydrogens is 1380 g/mol. The molecule has 2 aromatic carbocycles. The van der Waals surface area contributed by atoms with E-state index in [-0.39, 0.29) is 44.5 Å². The average Bonchev–Trinajstić information content (AvgIpc) is 1.75. The molecule has 7 aromatic rings. The molecule has 0 saturated carbocycles. The zero-order chi connectivity index (χ0) is 73.4. The van der Waals surface area contributed by atoms with E-state index in [1.54, 1.807) is 46.9 Å². The molecular formula is C75H94Cl2N9O12P3. The minimum atomic E-state index is -3.57. The fourth-order valence-electron chi connectivity index (χ4n) is 10.9. The van der Waals surface area contributed by atoms with Crippen LogP contribution in [0.1, 0.15) is 163 Å². The molecule has 3 aliphatic rings. The van der Waals surface area contributed by atoms with E-state index in [1.165, 1.54) is 0 Å². The Balaban J connectivity index is 0.000000268. The van der Waals surface area contributed by atoms with Crippen molar-refractivity contribution in [2.75, 3.05) is 49.3 Å². The summed E-state index contributed by atoms with van der Waals surface area (Å²) >= 11 is 12.4. The quantitative estimate of drug-likeness (QED) is 0.0599. The number of imidazole rings is 1. The van der Waals surface area contributed by atoms with E-state index >= 15 is 0 Å². The van der Waals surface area contributed by atoms with E-state index < -0.39 is 28.8 Å². The van der Waals surface area contributed by atoms with Gasteiger partial charge in [0.1, 0.15) is 29.3 Å². The number of aromatic nitrogens is 6. The van der Waals surface area contributed by atoms with Gasteiger partial charge in [-0.15, -0.1) is 6.42 Å². The summed E-state index contributed by atoms with van der Waals surface area (Å²) in [5, 5.41) is 22.8. The Labute approximate surface area is 606 Å². The fourth-order valence-corrected chi connectivity index (χ4v) is 20.5. The Bertz CT molecular complexity index is 4400. The highest BCUT2D eigenvalue weighted by molar-refractivity contribution is 7.80. The molecule has 0 spiro atoms. The van der Waals surface area contributed by atoms with E-state index in [4.69, 9.17) is 72.4 Å². The third-order valence-electron chi connectivity index (χ3n) is 14.8. The van der Waals surface area contributed by atoms with Crippen molar-refractivity contribution in [2.24, 2.45) is 0 Å². The van der Waals surface area contributed by atoms with Crippen molar-refractivity contribution >= 4 is 96.2 Å². The predicted octanol–water partition coefficient (Wildman–Crippen LogP) is 17.2. The van der Waals surface area contributed by atoms with E-state index in [0.717, 1.165) is 101 Å². The smallest absolute Gasteiger partial charge is 0.345 e. The molecule has 540 valence electrons. The van der Waals surface area contributed by atoms with Gasteiger partial charge >= 0.3 is 28.8 Å². The maximum atomic E-state index is 12.3. The molecule has 0 aliphatic carbocycles. The van der Waals surface area contributed by atoms with Crippen molar-refractivity contribution in [1.29, 1.82) is 0 Å². The number of carboxylic acids is 1. The molecule has 3 fully saturated rings. The van der Waals surface area contributed by atoms with Gasteiger partial charge in [0.05, 0.1) is 88.8 Å². The molecule has 26 heteroatoms. The first-order valence-electron chi connectivity index (χ1n) is 33.1. The summed E-state index contributed by atoms with van der Waals surface area (Å²) in [5.74, 6) is 33.2. The number of hydrogen-bond donors (Lipinski definition) is 3. The van der Waals surface area contributed by atoms with Gasteiger partial charge in [0, 0.05) is 70.3 Å². The fraction of sp³-hybridized carbons (Fsp3) is 0.467. The van der Waals surface area contributed by atoms with Crippen molar-refractivity contribution in [1.82, 2.24) is 34.7 Å². The lowest BCUT2D eigenvalue weighted by molar-refractivity contribution is -0.136. The van der Waals surface area contributed by atoms with Gasteiger partial charge in [0.15, 0.2) is 0 Å². The summed E-state index contributed by atoms with van der Waals surface area (Å²) in [6.07, 6.45) is 15.2. The van der Waals surface area contributed by atoms with Crippen LogP contribution >= 0.6 is 46.0 Å². The number of hydrogen-bond acceptors (Lipinski definition) is 19. The Morgan fingerprint density at radius 3 is 1.61 bits per heavy atom. The molecule has 4 atom stereocenters. The summed E-state index contributed by atoms with van der Waals surface area (Å²) < 4.78 is 76.1. The highest BCUT2D eigenvalue weighted by atomic mass is 35.5. The van der Waals surface area contributed by atoms with Gasteiger partial charge < -0.3 is 39.2 Å². The molecule has 0 bridgehead atoms. The largest absolute Gasteiger partial charge is 0.481 e. The highest BCUT2D eigenvalue weighted by Gasteiger charge is 2.51. The van der Waals surface area contributed by atoms with Gasteiger partial charge in [-0.25, -0.2) is 17.9 Å². The average molecular weight is 1480 g/mol. The molecule has 4 N–H and O–H groups in total. The lowest BCUT2D eigenvalue weighted by Gasteiger charge is -2.33. The number of pyridine rings is 2. The van der Waals surface area contributed by atoms with E-state index in [2.05, 4.69) is 165 Å². The first-order valence-corrected chi connectivity index (χ1v) is 39.0. The normalized spacial score (nSPS) is 20.0. The number of rotatable bonds is 16. The van der Waals surface area contributed by atoms with Crippen molar-refractivity contribution in [3.63, 3.8) is 0 Å². The van der Waals surface area contributed by atoms with Crippen LogP contribution in [0.4, 0.5) is 11.4 Å². The van der Waals surface area contributed by atoms with Gasteiger partial charge in [0.25, 0.3) is 0 Å². The summed E-state index contributed by atoms with van der Waals surface area (Å²) in [6.45, 7) is 28.9. The maximum Gasteiger partial charge on any atom is 0.345 e. The molecule has 0 radical (unpaired) electrons. The molecule has 1 unspecified atom stereocenters. The minimum Gasteiger partial charge on any atom is -0.481 e. The number of carboxylic acid groups (broad SMARTS) is 1. The number of nitrogens with one attached hydrogen (secondary N) is 1. The maximum absolute atomic E-state index is 12.3. The number of carbonyl (C=O) groups is 1. The second kappa shape index (κ2) is 43.2. The molecule has 5 aromatic heterocycles. The van der Waals surface area contributed by atoms with Crippen molar-refractivity contribution in [3.05, 3.63) is 99.7 Å². The van der Waals surface area contributed by atoms with Crippen LogP contribution in [0.15, 0.2) is 70.0 Å². The Hall–Kier alpha value is -7.83. The third-order valence-corrected chi connectivity index (χ3v) is 24.3. The lowest BCUT2D eigenvalue weighted by Crippen LogP contribution is -2.36. The predicted molar refractivity (Wildman–Crippen MR) is 406 cm³/mol. The topological polar surface area (TPSA) is 272 Å². The third kappa shape index (κ3) is 28.5. The van der Waals surface area contributed by atoms with Crippen molar-refractivity contribution in [2.45, 2.75) is 192 Å². The summed E-state index contributed by atoms with van der Waals surface area (Å²) in [6, 6.07) is 17.1. The van der Waals surface area contributed by atoms with E-state index in [0.29, 0.717) is 77.0 Å². The molecule has 10 rings (SSSR count). The molecule has 0 amide bonds. The lowest BCUT2D eigenvalue weighted by atomic mass is 10.0. The van der Waals surface area contributed by atoms with Crippen LogP contribution < -0.4 is 11.1 Å². The number of nitrogens with zero attached hydrogens (tertiary/aromatic N) is 7. The number of ether oxygens (including phenoxy) is 2. The van der Waals surface area contributed by atoms with Gasteiger partial charge in [-0.05, 0) is 221 Å². The summed E-state index contributed by atoms with van der Waals surface area (Å²) in [5.41, 5.74) is 13.0. The number of benzene rings is 2. The standard InChI is InChI=1S/C21H21ClN4O2.C15H18ClN3O.C15H4.C9H21O6P3.C8H19N.C6H7NO3.CH4/c1-12-7-16(28-25-12)10-20-24-19-11-23-18-4-3-14(22)9-17(18)21(19)26(20)15-5-6-27-13(2)8-15;1-9-6-11(4-5-20-9)19-15-12-7-10(16)2-3-14(12)18-8-13(15)17;1-3-5-7-9-11-13-15-14-12-10-8-6-4-2;1-4-7-16(10)13-17(11,8-5-2)15-18(12,14-16)9-6-3;1-6-9(7(2)3)8(4)5;1-4-2-5(10-7-4)3-6(8)9;/h3-4,7,9,11,13,15H,5-6,8,10H2,1-2H3;2-3,7-9,11H,4-6,17H2,1H3,(H,18,19);1H,2H3;4-9H2,1-3H3;7-8H,6H2,1-5H3;2H,3H2,1H3,(H,8,9);1H4/t13-,15?;9-,11-;;;;;/m11...../s1. The molecule has 3 saturated heterocycles. The van der Waals surface area contributed by atoms with E-state index in [1.807, 2.05) is 55.6 Å². The van der Waals surface area contributed by atoms with Crippen LogP contribution in [0.25, 0.3) is 32.8 Å². The minimum absolute atomic E-state index is 0. The summed E-state index contributed by atoms with van der Waals surface area (Å²) in [7, 11) is -10.7. The second-order valence-electron chi connectivity index (χ2n) is 23.9. The molecule has 21 nitrogen and oxygen atoms in total. The number of nitrogen functional groups attached to an aromatic ring is 1. The summed E-state index contributed by atoms with van der Waals surface area (Å²) in [4.78, 5) is 26.4. The number of nitrogens with two attached hydrogens (primary N) is 1. The van der Waals surface area contributed by atoms with Gasteiger partial charge in [0.2, 0.25) is 0 Å². The van der Waals surface area contributed by atoms with Crippen LogP contribution in [0.2, 0.25) is 10.0 Å². The van der Waals surface area contributed by atoms with Crippen LogP contribution in [-0.4, -0.2) is 114 Å². The van der Waals surface area contributed by atoms with Crippen molar-refractivity contribution in [3.8, 4) is 83.4 Å². The first kappa shape index (κ1) is 85.6. The number of anilines is 2. The zero-order valence-electron chi connectivity index (χ0n) is 59.2. The van der Waals surface area contributed by atoms with Crippen LogP contribution in [0.5, 0.6) is 0 Å². The first-order chi connectivity index (χ1) is 47.7. The van der Waals surface area contributed by atoms with Crippen LogP contribution in [0, 0.1) is 97.2 Å².